The summed E-state index contributed by atoms with van der Waals surface area (Å²) in [5, 5.41) is 7.05. The van der Waals surface area contributed by atoms with Crippen LogP contribution in [0.15, 0.2) is 36.4 Å². The molecule has 2 heterocycles. The van der Waals surface area contributed by atoms with Crippen molar-refractivity contribution in [3.8, 4) is 11.1 Å². The molecule has 2 N–H and O–H groups in total. The third-order valence-electron chi connectivity index (χ3n) is 4.06. The van der Waals surface area contributed by atoms with Gasteiger partial charge in [0.05, 0.1) is 6.61 Å². The molecular formula is C21H22N4O2S2. The second kappa shape index (κ2) is 9.11. The molecule has 0 aliphatic carbocycles. The van der Waals surface area contributed by atoms with Gasteiger partial charge >= 0.3 is 5.97 Å². The molecule has 0 saturated carbocycles. The van der Waals surface area contributed by atoms with Gasteiger partial charge in [0.2, 0.25) is 5.95 Å². The first-order valence-corrected chi connectivity index (χ1v) is 10.4. The summed E-state index contributed by atoms with van der Waals surface area (Å²) in [5.41, 5.74) is 3.96. The van der Waals surface area contributed by atoms with Crippen molar-refractivity contribution >= 4 is 45.6 Å². The van der Waals surface area contributed by atoms with Gasteiger partial charge in [0, 0.05) is 21.8 Å². The van der Waals surface area contributed by atoms with Crippen molar-refractivity contribution in [1.82, 2.24) is 9.97 Å². The van der Waals surface area contributed by atoms with Crippen molar-refractivity contribution in [2.24, 2.45) is 0 Å². The molecule has 0 radical (unpaired) electrons. The van der Waals surface area contributed by atoms with Crippen LogP contribution in [0.2, 0.25) is 0 Å². The lowest BCUT2D eigenvalue weighted by Crippen LogP contribution is -2.22. The molecule has 3 aromatic rings. The topological polar surface area (TPSA) is 76.1 Å². The average Bonchev–Trinajstić information content (AvgIpc) is 2.97. The number of aryl methyl sites for hydroxylation is 3. The molecule has 8 heteroatoms. The summed E-state index contributed by atoms with van der Waals surface area (Å²) < 4.78 is 5.31. The smallest absolute Gasteiger partial charge is 0.341 e. The van der Waals surface area contributed by atoms with E-state index in [2.05, 4.69) is 20.6 Å². The highest BCUT2D eigenvalue weighted by atomic mass is 32.1. The fourth-order valence-electron chi connectivity index (χ4n) is 3.00. The molecule has 2 aromatic heterocycles. The molecule has 3 rings (SSSR count). The van der Waals surface area contributed by atoms with Crippen LogP contribution in [0, 0.1) is 20.8 Å². The number of anilines is 2. The number of carbonyl (C=O) groups is 1. The summed E-state index contributed by atoms with van der Waals surface area (Å²) in [7, 11) is 0. The van der Waals surface area contributed by atoms with Gasteiger partial charge in [0.1, 0.15) is 10.6 Å². The molecule has 1 aromatic carbocycles. The number of ether oxygens (including phenoxy) is 1. The third kappa shape index (κ3) is 4.96. The third-order valence-corrected chi connectivity index (χ3v) is 5.29. The van der Waals surface area contributed by atoms with Crippen LogP contribution < -0.4 is 10.6 Å². The zero-order chi connectivity index (χ0) is 21.0. The highest BCUT2D eigenvalue weighted by Gasteiger charge is 2.25. The molecule has 6 nitrogen and oxygen atoms in total. The number of aromatic nitrogens is 2. The molecule has 0 spiro atoms. The minimum absolute atomic E-state index is 0.292. The van der Waals surface area contributed by atoms with E-state index in [-0.39, 0.29) is 5.97 Å². The van der Waals surface area contributed by atoms with E-state index in [1.54, 1.807) is 6.92 Å². The van der Waals surface area contributed by atoms with E-state index < -0.39 is 0 Å². The molecule has 0 saturated heterocycles. The second-order valence-electron chi connectivity index (χ2n) is 6.38. The Hall–Kier alpha value is -2.84. The Morgan fingerprint density at radius 1 is 1.10 bits per heavy atom. The number of thiocarbonyl (C=S) groups is 1. The van der Waals surface area contributed by atoms with Crippen LogP contribution in [0.4, 0.5) is 10.9 Å². The van der Waals surface area contributed by atoms with Gasteiger partial charge in [-0.25, -0.2) is 14.8 Å². The number of hydrogen-bond acceptors (Lipinski definition) is 6. The van der Waals surface area contributed by atoms with E-state index in [0.29, 0.717) is 28.2 Å². The quantitative estimate of drug-likeness (QED) is 0.433. The van der Waals surface area contributed by atoms with E-state index in [9.17, 15) is 4.79 Å². The van der Waals surface area contributed by atoms with E-state index in [1.165, 1.54) is 11.3 Å². The van der Waals surface area contributed by atoms with Crippen LogP contribution in [0.3, 0.4) is 0 Å². The zero-order valence-corrected chi connectivity index (χ0v) is 18.3. The van der Waals surface area contributed by atoms with Crippen LogP contribution in [0.5, 0.6) is 0 Å². The van der Waals surface area contributed by atoms with E-state index >= 15 is 0 Å². The minimum atomic E-state index is -0.386. The fraction of sp³-hybridized carbons (Fsp3) is 0.238. The number of benzene rings is 1. The Bertz CT molecular complexity index is 1030. The Morgan fingerprint density at radius 3 is 2.38 bits per heavy atom. The number of thiophene rings is 1. The lowest BCUT2D eigenvalue weighted by Gasteiger charge is -2.11. The van der Waals surface area contributed by atoms with E-state index in [0.717, 1.165) is 27.4 Å². The molecule has 0 bridgehead atoms. The van der Waals surface area contributed by atoms with Crippen molar-refractivity contribution < 1.29 is 9.53 Å². The van der Waals surface area contributed by atoms with Gasteiger partial charge in [-0.3, -0.25) is 0 Å². The number of rotatable bonds is 5. The number of carbonyl (C=O) groups excluding carboxylic acids is 1. The largest absolute Gasteiger partial charge is 0.462 e. The summed E-state index contributed by atoms with van der Waals surface area (Å²) >= 11 is 6.89. The summed E-state index contributed by atoms with van der Waals surface area (Å²) in [4.78, 5) is 22.4. The Morgan fingerprint density at radius 2 is 1.76 bits per heavy atom. The van der Waals surface area contributed by atoms with Gasteiger partial charge in [-0.1, -0.05) is 30.3 Å². The summed E-state index contributed by atoms with van der Waals surface area (Å²) in [6.07, 6.45) is 0. The standard InChI is InChI=1S/C21H22N4O2S2/c1-5-27-19(26)17-16(15-9-7-6-8-10-15)14(4)29-18(17)24-21(28)25-20-22-12(2)11-13(3)23-20/h6-11H,5H2,1-4H3,(H2,22,23,24,25,28). The van der Waals surface area contributed by atoms with Crippen molar-refractivity contribution in [2.45, 2.75) is 27.7 Å². The number of nitrogens with one attached hydrogen (secondary N) is 2. The maximum absolute atomic E-state index is 12.8. The SMILES string of the molecule is CCOC(=O)c1c(NC(=S)Nc2nc(C)cc(C)n2)sc(C)c1-c1ccccc1. The summed E-state index contributed by atoms with van der Waals surface area (Å²) in [6.45, 7) is 7.84. The van der Waals surface area contributed by atoms with Crippen molar-refractivity contribution in [2.75, 3.05) is 17.2 Å². The van der Waals surface area contributed by atoms with Gasteiger partial charge in [0.15, 0.2) is 5.11 Å². The lowest BCUT2D eigenvalue weighted by atomic mass is 10.0. The van der Waals surface area contributed by atoms with Crippen molar-refractivity contribution in [1.29, 1.82) is 0 Å². The summed E-state index contributed by atoms with van der Waals surface area (Å²) in [6, 6.07) is 11.7. The van der Waals surface area contributed by atoms with Gasteiger partial charge in [-0.15, -0.1) is 11.3 Å². The van der Waals surface area contributed by atoms with Crippen LogP contribution in [0.25, 0.3) is 11.1 Å². The molecule has 0 aliphatic rings. The van der Waals surface area contributed by atoms with Crippen LogP contribution in [-0.4, -0.2) is 27.7 Å². The zero-order valence-electron chi connectivity index (χ0n) is 16.7. The molecule has 0 fully saturated rings. The molecule has 0 unspecified atom stereocenters. The number of nitrogens with zero attached hydrogens (tertiary/aromatic N) is 2. The predicted molar refractivity (Wildman–Crippen MR) is 122 cm³/mol. The number of hydrogen-bond donors (Lipinski definition) is 2. The molecule has 0 aliphatic heterocycles. The number of esters is 1. The first kappa shape index (κ1) is 20.9. The first-order chi connectivity index (χ1) is 13.9. The highest BCUT2D eigenvalue weighted by molar-refractivity contribution is 7.80. The van der Waals surface area contributed by atoms with Gasteiger partial charge in [-0.05, 0) is 51.5 Å². The lowest BCUT2D eigenvalue weighted by molar-refractivity contribution is 0.0529. The van der Waals surface area contributed by atoms with Crippen molar-refractivity contribution in [3.63, 3.8) is 0 Å². The van der Waals surface area contributed by atoms with Gasteiger partial charge in [-0.2, -0.15) is 0 Å². The van der Waals surface area contributed by atoms with E-state index in [4.69, 9.17) is 17.0 Å². The first-order valence-electron chi connectivity index (χ1n) is 9.15. The second-order valence-corrected chi connectivity index (χ2v) is 8.01. The molecule has 0 amide bonds. The molecule has 0 atom stereocenters. The van der Waals surface area contributed by atoms with Gasteiger partial charge in [0.25, 0.3) is 0 Å². The fourth-order valence-corrected chi connectivity index (χ4v) is 4.33. The maximum atomic E-state index is 12.8. The monoisotopic (exact) mass is 426 g/mol. The molecule has 150 valence electrons. The Kier molecular flexibility index (Phi) is 6.56. The van der Waals surface area contributed by atoms with Crippen molar-refractivity contribution in [3.05, 3.63) is 58.2 Å². The van der Waals surface area contributed by atoms with Crippen LogP contribution >= 0.6 is 23.6 Å². The predicted octanol–water partition coefficient (Wildman–Crippen LogP) is 5.12. The normalized spacial score (nSPS) is 10.5. The highest BCUT2D eigenvalue weighted by Crippen LogP contribution is 2.40. The van der Waals surface area contributed by atoms with Crippen LogP contribution in [-0.2, 0) is 4.74 Å². The Labute approximate surface area is 179 Å². The molecular weight excluding hydrogens is 404 g/mol. The van der Waals surface area contributed by atoms with E-state index in [1.807, 2.05) is 57.2 Å². The minimum Gasteiger partial charge on any atom is -0.462 e. The Balaban J connectivity index is 1.94. The molecule has 29 heavy (non-hydrogen) atoms. The average molecular weight is 427 g/mol. The van der Waals surface area contributed by atoms with Crippen LogP contribution in [0.1, 0.15) is 33.5 Å². The summed E-state index contributed by atoms with van der Waals surface area (Å²) in [5.74, 6) is 0.0258. The maximum Gasteiger partial charge on any atom is 0.341 e. The van der Waals surface area contributed by atoms with Gasteiger partial charge < -0.3 is 15.4 Å².